The molecule has 4 nitrogen and oxygen atoms in total. The quantitative estimate of drug-likeness (QED) is 0.175. The Morgan fingerprint density at radius 1 is 0.400 bits per heavy atom. The van der Waals surface area contributed by atoms with Gasteiger partial charge in [-0.25, -0.2) is 9.97 Å². The molecule has 60 heavy (non-hydrogen) atoms. The summed E-state index contributed by atoms with van der Waals surface area (Å²) < 4.78 is 4.78. The number of rotatable bonds is 5. The highest BCUT2D eigenvalue weighted by Crippen LogP contribution is 2.51. The molecule has 0 atom stereocenters. The Hall–Kier alpha value is -7.56. The van der Waals surface area contributed by atoms with Crippen LogP contribution in [-0.4, -0.2) is 19.1 Å². The third-order valence-corrected chi connectivity index (χ3v) is 12.9. The molecule has 0 saturated carbocycles. The summed E-state index contributed by atoms with van der Waals surface area (Å²) in [7, 11) is 0. The highest BCUT2D eigenvalue weighted by molar-refractivity contribution is 6.14. The Morgan fingerprint density at radius 2 is 0.967 bits per heavy atom. The zero-order valence-corrected chi connectivity index (χ0v) is 33.7. The average molecular weight is 769 g/mol. The number of nitrogens with zero attached hydrogens (tertiary/aromatic N) is 4. The molecule has 0 aliphatic heterocycles. The van der Waals surface area contributed by atoms with Crippen LogP contribution < -0.4 is 0 Å². The third kappa shape index (κ3) is 5.04. The van der Waals surface area contributed by atoms with E-state index in [0.717, 1.165) is 44.9 Å². The second kappa shape index (κ2) is 13.0. The molecule has 0 unspecified atom stereocenters. The van der Waals surface area contributed by atoms with Crippen molar-refractivity contribution in [3.8, 4) is 56.4 Å². The van der Waals surface area contributed by atoms with Crippen molar-refractivity contribution in [1.82, 2.24) is 19.1 Å². The lowest BCUT2D eigenvalue weighted by Gasteiger charge is -2.21. The third-order valence-electron chi connectivity index (χ3n) is 12.9. The molecule has 0 radical (unpaired) electrons. The molecule has 8 aromatic carbocycles. The van der Waals surface area contributed by atoms with Gasteiger partial charge in [0.05, 0.1) is 27.8 Å². The second-order valence-corrected chi connectivity index (χ2v) is 16.6. The molecule has 0 fully saturated rings. The molecule has 0 bridgehead atoms. The van der Waals surface area contributed by atoms with Crippen molar-refractivity contribution in [2.45, 2.75) is 26.2 Å². The predicted molar refractivity (Wildman–Crippen MR) is 249 cm³/mol. The van der Waals surface area contributed by atoms with Gasteiger partial charge in [-0.3, -0.25) is 4.57 Å². The molecule has 0 spiro atoms. The van der Waals surface area contributed by atoms with Gasteiger partial charge in [0.25, 0.3) is 0 Å². The summed E-state index contributed by atoms with van der Waals surface area (Å²) in [5.74, 6) is 1.59. The van der Waals surface area contributed by atoms with Crippen LogP contribution in [0.2, 0.25) is 0 Å². The van der Waals surface area contributed by atoms with Gasteiger partial charge in [-0.15, -0.1) is 0 Å². The van der Waals surface area contributed by atoms with E-state index in [2.05, 4.69) is 212 Å². The predicted octanol–water partition coefficient (Wildman–Crippen LogP) is 14.3. The Kier molecular flexibility index (Phi) is 7.45. The zero-order chi connectivity index (χ0) is 40.1. The molecular formula is C56H40N4. The molecule has 1 aliphatic rings. The molecule has 0 saturated heterocycles. The SMILES string of the molecule is Cc1c(-c2ccccc2)nc(-c2ccccc2)nc1-n1c2ccc(-c3ccc4c(c3)c3ccccc3n4-c3ccccc3)cc2c2cc3c(cc21)-c1ccccc1C3(C)C. The lowest BCUT2D eigenvalue weighted by molar-refractivity contribution is 0.661. The highest BCUT2D eigenvalue weighted by Gasteiger charge is 2.36. The average Bonchev–Trinajstić information content (AvgIpc) is 3.88. The number of fused-ring (bicyclic) bond motifs is 9. The van der Waals surface area contributed by atoms with E-state index in [1.165, 1.54) is 66.0 Å². The maximum atomic E-state index is 5.46. The summed E-state index contributed by atoms with van der Waals surface area (Å²) in [5.41, 5.74) is 17.4. The monoisotopic (exact) mass is 768 g/mol. The standard InChI is InChI=1S/C56H40N4/c1-35-53(36-17-7-4-8-18-36)57-54(37-19-9-5-10-20-37)58-55(35)60-51-30-28-39(32-45(51)46-33-48-43(34-52(46)60)41-23-13-15-25-47(41)56(48,2)3)38-27-29-50-44(31-38)42-24-14-16-26-49(42)59(50)40-21-11-6-12-22-40/h4-34H,1-3H3. The van der Waals surface area contributed by atoms with E-state index < -0.39 is 0 Å². The molecule has 1 aliphatic carbocycles. The first-order valence-corrected chi connectivity index (χ1v) is 20.8. The van der Waals surface area contributed by atoms with Gasteiger partial charge in [0, 0.05) is 49.3 Å². The summed E-state index contributed by atoms with van der Waals surface area (Å²) in [6, 6.07) is 68.0. The van der Waals surface area contributed by atoms with Crippen molar-refractivity contribution in [2.75, 3.05) is 0 Å². The largest absolute Gasteiger partial charge is 0.309 e. The van der Waals surface area contributed by atoms with E-state index in [-0.39, 0.29) is 5.41 Å². The van der Waals surface area contributed by atoms with Gasteiger partial charge in [0.15, 0.2) is 5.82 Å². The van der Waals surface area contributed by atoms with Crippen molar-refractivity contribution < 1.29 is 0 Å². The summed E-state index contributed by atoms with van der Waals surface area (Å²) in [6.45, 7) is 6.90. The van der Waals surface area contributed by atoms with E-state index in [9.17, 15) is 0 Å². The minimum atomic E-state index is -0.143. The topological polar surface area (TPSA) is 35.6 Å². The van der Waals surface area contributed by atoms with Gasteiger partial charge >= 0.3 is 0 Å². The number of hydrogen-bond donors (Lipinski definition) is 0. The lowest BCUT2D eigenvalue weighted by atomic mass is 9.82. The van der Waals surface area contributed by atoms with Crippen LogP contribution in [0.25, 0.3) is 100 Å². The molecule has 11 aromatic rings. The lowest BCUT2D eigenvalue weighted by Crippen LogP contribution is -2.14. The minimum absolute atomic E-state index is 0.143. The van der Waals surface area contributed by atoms with E-state index in [4.69, 9.17) is 9.97 Å². The van der Waals surface area contributed by atoms with Gasteiger partial charge in [-0.05, 0) is 94.9 Å². The maximum absolute atomic E-state index is 5.46. The van der Waals surface area contributed by atoms with Gasteiger partial charge in [0.2, 0.25) is 0 Å². The van der Waals surface area contributed by atoms with E-state index in [1.807, 2.05) is 6.07 Å². The van der Waals surface area contributed by atoms with Crippen molar-refractivity contribution in [2.24, 2.45) is 0 Å². The minimum Gasteiger partial charge on any atom is -0.309 e. The molecule has 3 aromatic heterocycles. The first-order valence-electron chi connectivity index (χ1n) is 20.8. The molecule has 0 amide bonds. The fraction of sp³-hybridized carbons (Fsp3) is 0.0714. The Balaban J connectivity index is 1.14. The molecule has 12 rings (SSSR count). The van der Waals surface area contributed by atoms with Crippen LogP contribution in [0.4, 0.5) is 0 Å². The van der Waals surface area contributed by atoms with E-state index >= 15 is 0 Å². The first kappa shape index (κ1) is 34.5. The van der Waals surface area contributed by atoms with Crippen molar-refractivity contribution in [3.05, 3.63) is 205 Å². The van der Waals surface area contributed by atoms with Gasteiger partial charge in [-0.1, -0.05) is 147 Å². The molecule has 4 heteroatoms. The molecule has 284 valence electrons. The van der Waals surface area contributed by atoms with Gasteiger partial charge in [-0.2, -0.15) is 0 Å². The summed E-state index contributed by atoms with van der Waals surface area (Å²) in [6.07, 6.45) is 0. The van der Waals surface area contributed by atoms with Gasteiger partial charge in [0.1, 0.15) is 5.82 Å². The molecular weight excluding hydrogens is 729 g/mol. The highest BCUT2D eigenvalue weighted by atomic mass is 15.1. The van der Waals surface area contributed by atoms with Crippen LogP contribution in [0, 0.1) is 6.92 Å². The van der Waals surface area contributed by atoms with Crippen molar-refractivity contribution >= 4 is 43.6 Å². The van der Waals surface area contributed by atoms with Crippen LogP contribution >= 0.6 is 0 Å². The Labute approximate surface area is 348 Å². The van der Waals surface area contributed by atoms with Crippen LogP contribution in [0.15, 0.2) is 188 Å². The van der Waals surface area contributed by atoms with E-state index in [0.29, 0.717) is 5.82 Å². The Morgan fingerprint density at radius 3 is 1.70 bits per heavy atom. The van der Waals surface area contributed by atoms with E-state index in [1.54, 1.807) is 0 Å². The maximum Gasteiger partial charge on any atom is 0.162 e. The normalized spacial score (nSPS) is 13.1. The van der Waals surface area contributed by atoms with Crippen LogP contribution in [0.5, 0.6) is 0 Å². The van der Waals surface area contributed by atoms with Crippen LogP contribution in [0.1, 0.15) is 30.5 Å². The van der Waals surface area contributed by atoms with Crippen molar-refractivity contribution in [3.63, 3.8) is 0 Å². The Bertz CT molecular complexity index is 3500. The van der Waals surface area contributed by atoms with Crippen molar-refractivity contribution in [1.29, 1.82) is 0 Å². The summed E-state index contributed by atoms with van der Waals surface area (Å²) in [4.78, 5) is 10.7. The smallest absolute Gasteiger partial charge is 0.162 e. The fourth-order valence-corrected chi connectivity index (χ4v) is 9.94. The second-order valence-electron chi connectivity index (χ2n) is 16.6. The van der Waals surface area contributed by atoms with Crippen LogP contribution in [-0.2, 0) is 5.41 Å². The molecule has 0 N–H and O–H groups in total. The van der Waals surface area contributed by atoms with Gasteiger partial charge < -0.3 is 4.57 Å². The molecule has 3 heterocycles. The number of benzene rings is 8. The number of hydrogen-bond acceptors (Lipinski definition) is 2. The number of para-hydroxylation sites is 2. The zero-order valence-electron chi connectivity index (χ0n) is 33.7. The first-order chi connectivity index (χ1) is 29.4. The number of aromatic nitrogens is 4. The fourth-order valence-electron chi connectivity index (χ4n) is 9.94. The summed E-state index contributed by atoms with van der Waals surface area (Å²) in [5, 5.41) is 4.90. The van der Waals surface area contributed by atoms with Crippen LogP contribution in [0.3, 0.4) is 0 Å². The summed E-state index contributed by atoms with van der Waals surface area (Å²) >= 11 is 0.